The highest BCUT2D eigenvalue weighted by atomic mass is 35.5. The number of amides is 1. The molecule has 1 heterocycles. The first-order valence-electron chi connectivity index (χ1n) is 9.87. The highest BCUT2D eigenvalue weighted by Gasteiger charge is 2.62. The lowest BCUT2D eigenvalue weighted by molar-refractivity contribution is 0.0293. The summed E-state index contributed by atoms with van der Waals surface area (Å²) in [6, 6.07) is 9.92. The van der Waals surface area contributed by atoms with Gasteiger partial charge in [0.15, 0.2) is 0 Å². The van der Waals surface area contributed by atoms with Gasteiger partial charge in [-0.3, -0.25) is 14.6 Å². The summed E-state index contributed by atoms with van der Waals surface area (Å²) >= 11 is 6.23. The van der Waals surface area contributed by atoms with Gasteiger partial charge in [0.05, 0.1) is 23.6 Å². The van der Waals surface area contributed by atoms with E-state index >= 15 is 0 Å². The zero-order chi connectivity index (χ0) is 22.0. The first kappa shape index (κ1) is 20.3. The van der Waals surface area contributed by atoms with Gasteiger partial charge in [0, 0.05) is 27.7 Å². The minimum Gasteiger partial charge on any atom is -0.385 e. The van der Waals surface area contributed by atoms with Crippen molar-refractivity contribution in [3.63, 3.8) is 0 Å². The minimum absolute atomic E-state index is 0.0154. The minimum atomic E-state index is -3.42. The van der Waals surface area contributed by atoms with Gasteiger partial charge in [-0.15, -0.1) is 0 Å². The molecule has 2 fully saturated rings. The van der Waals surface area contributed by atoms with Crippen LogP contribution in [0.4, 0.5) is 5.69 Å². The number of nitrogens with zero attached hydrogens (tertiary/aromatic N) is 1. The van der Waals surface area contributed by atoms with Gasteiger partial charge < -0.3 is 10.4 Å². The molecule has 0 saturated heterocycles. The van der Waals surface area contributed by atoms with Crippen molar-refractivity contribution in [2.45, 2.75) is 24.5 Å². The number of carbonyl (C=O) groups is 1. The number of H-pyrrole nitrogens is 1. The molecule has 10 heteroatoms. The molecule has 3 aromatic rings. The zero-order valence-corrected chi connectivity index (χ0v) is 18.2. The number of aliphatic hydroxyl groups is 1. The Bertz CT molecular complexity index is 1290. The maximum Gasteiger partial charge on any atom is 0.251 e. The van der Waals surface area contributed by atoms with Crippen LogP contribution in [0.25, 0.3) is 10.9 Å². The summed E-state index contributed by atoms with van der Waals surface area (Å²) in [6.07, 6.45) is 3.81. The molecule has 0 radical (unpaired) electrons. The molecule has 162 valence electrons. The molecule has 8 nitrogen and oxygen atoms in total. The van der Waals surface area contributed by atoms with Crippen LogP contribution in [0.2, 0.25) is 5.02 Å². The number of hydrogen-bond donors (Lipinski definition) is 4. The summed E-state index contributed by atoms with van der Waals surface area (Å²) in [7, 11) is -3.42. The molecule has 0 bridgehead atoms. The van der Waals surface area contributed by atoms with E-state index in [1.54, 1.807) is 36.5 Å². The van der Waals surface area contributed by atoms with Gasteiger partial charge in [-0.1, -0.05) is 17.7 Å². The molecule has 5 rings (SSSR count). The Hall–Kier alpha value is -2.62. The number of halogens is 1. The zero-order valence-electron chi connectivity index (χ0n) is 16.6. The molecule has 0 spiro atoms. The van der Waals surface area contributed by atoms with E-state index in [0.717, 1.165) is 22.7 Å². The average Bonchev–Trinajstić information content (AvgIpc) is 3.04. The van der Waals surface area contributed by atoms with Crippen LogP contribution in [0.3, 0.4) is 0 Å². The van der Waals surface area contributed by atoms with E-state index in [9.17, 15) is 18.3 Å². The van der Waals surface area contributed by atoms with E-state index in [0.29, 0.717) is 29.1 Å². The van der Waals surface area contributed by atoms with E-state index < -0.39 is 15.6 Å². The summed E-state index contributed by atoms with van der Waals surface area (Å²) in [5.74, 6) is 0.0829. The van der Waals surface area contributed by atoms with Crippen molar-refractivity contribution in [1.29, 1.82) is 0 Å². The number of rotatable bonds is 5. The van der Waals surface area contributed by atoms with Gasteiger partial charge in [-0.25, -0.2) is 8.42 Å². The molecule has 2 aliphatic carbocycles. The smallest absolute Gasteiger partial charge is 0.251 e. The van der Waals surface area contributed by atoms with E-state index in [1.165, 1.54) is 6.07 Å². The van der Waals surface area contributed by atoms with Gasteiger partial charge in [0.2, 0.25) is 10.0 Å². The second-order valence-electron chi connectivity index (χ2n) is 8.51. The Morgan fingerprint density at radius 1 is 1.26 bits per heavy atom. The Morgan fingerprint density at radius 2 is 2.00 bits per heavy atom. The SMILES string of the molecule is CS(=O)(=O)Nc1cccc(C(=O)N[C@H]2[C@@H]3C[C@@](O)(c4cc(Cl)cc5[nH]ncc45)C[C@@H]32)c1. The number of benzene rings is 2. The number of sulfonamides is 1. The molecule has 0 unspecified atom stereocenters. The Morgan fingerprint density at radius 3 is 2.71 bits per heavy atom. The topological polar surface area (TPSA) is 124 Å². The molecule has 4 N–H and O–H groups in total. The van der Waals surface area contributed by atoms with Crippen molar-refractivity contribution < 1.29 is 18.3 Å². The lowest BCUT2D eigenvalue weighted by Gasteiger charge is -2.27. The Labute approximate surface area is 184 Å². The molecular formula is C21H21ClN4O4S. The third-order valence-corrected chi connectivity index (χ3v) is 7.05. The van der Waals surface area contributed by atoms with Crippen LogP contribution in [0.15, 0.2) is 42.6 Å². The molecule has 2 aromatic carbocycles. The van der Waals surface area contributed by atoms with E-state index in [4.69, 9.17) is 11.6 Å². The summed E-state index contributed by atoms with van der Waals surface area (Å²) in [5, 5.41) is 22.7. The van der Waals surface area contributed by atoms with Gasteiger partial charge in [0.25, 0.3) is 5.91 Å². The van der Waals surface area contributed by atoms with Gasteiger partial charge >= 0.3 is 0 Å². The molecule has 1 amide bonds. The fraction of sp³-hybridized carbons (Fsp3) is 0.333. The van der Waals surface area contributed by atoms with Crippen LogP contribution in [-0.4, -0.2) is 41.9 Å². The number of nitrogens with one attached hydrogen (secondary N) is 3. The molecule has 1 aromatic heterocycles. The molecule has 2 saturated carbocycles. The normalized spacial score (nSPS) is 27.1. The fourth-order valence-corrected chi connectivity index (χ4v) is 5.65. The fourth-order valence-electron chi connectivity index (χ4n) is 4.87. The van der Waals surface area contributed by atoms with Crippen molar-refractivity contribution in [2.24, 2.45) is 11.8 Å². The van der Waals surface area contributed by atoms with Crippen LogP contribution in [0, 0.1) is 11.8 Å². The monoisotopic (exact) mass is 460 g/mol. The van der Waals surface area contributed by atoms with Crippen LogP contribution in [-0.2, 0) is 15.6 Å². The number of carbonyl (C=O) groups excluding carboxylic acids is 1. The maximum absolute atomic E-state index is 12.7. The lowest BCUT2D eigenvalue weighted by atomic mass is 9.86. The van der Waals surface area contributed by atoms with Crippen LogP contribution in [0.1, 0.15) is 28.8 Å². The van der Waals surface area contributed by atoms with Crippen LogP contribution >= 0.6 is 11.6 Å². The van der Waals surface area contributed by atoms with Crippen molar-refractivity contribution >= 4 is 44.1 Å². The number of hydrogen-bond acceptors (Lipinski definition) is 5. The number of fused-ring (bicyclic) bond motifs is 2. The van der Waals surface area contributed by atoms with Gasteiger partial charge in [0.1, 0.15) is 0 Å². The van der Waals surface area contributed by atoms with E-state index in [-0.39, 0.29) is 23.8 Å². The summed E-state index contributed by atoms with van der Waals surface area (Å²) < 4.78 is 25.2. The summed E-state index contributed by atoms with van der Waals surface area (Å²) in [4.78, 5) is 12.7. The highest BCUT2D eigenvalue weighted by molar-refractivity contribution is 7.92. The third kappa shape index (κ3) is 3.77. The largest absolute Gasteiger partial charge is 0.385 e. The molecular weight excluding hydrogens is 440 g/mol. The van der Waals surface area contributed by atoms with Crippen LogP contribution < -0.4 is 10.0 Å². The van der Waals surface area contributed by atoms with Crippen molar-refractivity contribution in [3.8, 4) is 0 Å². The third-order valence-electron chi connectivity index (χ3n) is 6.23. The van der Waals surface area contributed by atoms with E-state index in [2.05, 4.69) is 20.2 Å². The number of aromatic amines is 1. The van der Waals surface area contributed by atoms with E-state index in [1.807, 2.05) is 0 Å². The van der Waals surface area contributed by atoms with Crippen LogP contribution in [0.5, 0.6) is 0 Å². The Balaban J connectivity index is 1.28. The lowest BCUT2D eigenvalue weighted by Crippen LogP contribution is -2.33. The molecule has 4 atom stereocenters. The second kappa shape index (κ2) is 6.94. The first-order chi connectivity index (χ1) is 14.6. The first-order valence-corrected chi connectivity index (χ1v) is 12.1. The summed E-state index contributed by atoms with van der Waals surface area (Å²) in [6.45, 7) is 0. The maximum atomic E-state index is 12.7. The van der Waals surface area contributed by atoms with Gasteiger partial charge in [-0.05, 0) is 60.6 Å². The molecule has 31 heavy (non-hydrogen) atoms. The van der Waals surface area contributed by atoms with Crippen molar-refractivity contribution in [2.75, 3.05) is 11.0 Å². The highest BCUT2D eigenvalue weighted by Crippen LogP contribution is 2.60. The quantitative estimate of drug-likeness (QED) is 0.466. The summed E-state index contributed by atoms with van der Waals surface area (Å²) in [5.41, 5.74) is 1.25. The van der Waals surface area contributed by atoms with Gasteiger partial charge in [-0.2, -0.15) is 5.10 Å². The van der Waals surface area contributed by atoms with Crippen molar-refractivity contribution in [1.82, 2.24) is 15.5 Å². The standard InChI is InChI=1S/C21H21ClN4O4S/c1-31(29,30)26-13-4-2-3-11(5-13)20(27)24-19-14-8-21(28,9-15(14)19)17-6-12(22)7-18-16(17)10-23-25-18/h2-7,10,14-15,19,26,28H,8-9H2,1H3,(H,23,25)(H,24,27)/t14-,15+,19+,21+. The number of anilines is 1. The molecule has 0 aliphatic heterocycles. The number of aromatic nitrogens is 2. The predicted molar refractivity (Wildman–Crippen MR) is 117 cm³/mol. The Kier molecular flexibility index (Phi) is 4.55. The predicted octanol–water partition coefficient (Wildman–Crippen LogP) is 2.61. The van der Waals surface area contributed by atoms with Crippen molar-refractivity contribution in [3.05, 3.63) is 58.7 Å². The second-order valence-corrected chi connectivity index (χ2v) is 10.7. The molecule has 2 aliphatic rings. The average molecular weight is 461 g/mol.